The Balaban J connectivity index is 0.00000200. The molecule has 0 aliphatic carbocycles. The summed E-state index contributed by atoms with van der Waals surface area (Å²) in [5.74, 6) is 1.37. The Labute approximate surface area is 127 Å². The smallest absolute Gasteiger partial charge is 0.123 e. The molecule has 1 atom stereocenters. The van der Waals surface area contributed by atoms with E-state index in [1.54, 1.807) is 7.11 Å². The summed E-state index contributed by atoms with van der Waals surface area (Å²) >= 11 is 0. The summed E-state index contributed by atoms with van der Waals surface area (Å²) < 4.78 is 5.37. The number of rotatable bonds is 4. The molecule has 0 bridgehead atoms. The van der Waals surface area contributed by atoms with E-state index in [4.69, 9.17) is 10.5 Å². The van der Waals surface area contributed by atoms with E-state index in [-0.39, 0.29) is 18.4 Å². The fraction of sp³-hybridized carbons (Fsp3) is 0.294. The molecule has 0 spiro atoms. The standard InChI is InChI=1S/C17H21NO.ClH/c1-12(2)13-8-10-14(11-9-13)17(18)15-6-4-5-7-16(15)19-3;/h4-12,17H,18H2,1-3H3;1H/t17-;/m1./s1. The van der Waals surface area contributed by atoms with Crippen molar-refractivity contribution in [1.29, 1.82) is 0 Å². The van der Waals surface area contributed by atoms with Gasteiger partial charge in [0.2, 0.25) is 0 Å². The molecule has 0 fully saturated rings. The van der Waals surface area contributed by atoms with Crippen LogP contribution in [0.3, 0.4) is 0 Å². The van der Waals surface area contributed by atoms with Crippen LogP contribution in [0.1, 0.15) is 42.5 Å². The second kappa shape index (κ2) is 7.32. The second-order valence-corrected chi connectivity index (χ2v) is 5.04. The van der Waals surface area contributed by atoms with Gasteiger partial charge in [-0.3, -0.25) is 0 Å². The van der Waals surface area contributed by atoms with Crippen LogP contribution >= 0.6 is 12.4 Å². The van der Waals surface area contributed by atoms with Gasteiger partial charge < -0.3 is 10.5 Å². The van der Waals surface area contributed by atoms with Crippen molar-refractivity contribution in [1.82, 2.24) is 0 Å². The summed E-state index contributed by atoms with van der Waals surface area (Å²) in [6.07, 6.45) is 0. The third kappa shape index (κ3) is 3.53. The van der Waals surface area contributed by atoms with Gasteiger partial charge in [-0.1, -0.05) is 56.3 Å². The normalized spacial score (nSPS) is 11.8. The highest BCUT2D eigenvalue weighted by atomic mass is 35.5. The topological polar surface area (TPSA) is 35.2 Å². The summed E-state index contributed by atoms with van der Waals surface area (Å²) in [6.45, 7) is 4.38. The monoisotopic (exact) mass is 291 g/mol. The zero-order valence-corrected chi connectivity index (χ0v) is 13.0. The van der Waals surface area contributed by atoms with Gasteiger partial charge in [0.25, 0.3) is 0 Å². The van der Waals surface area contributed by atoms with Crippen molar-refractivity contribution in [2.45, 2.75) is 25.8 Å². The molecule has 0 radical (unpaired) electrons. The molecule has 0 aromatic heterocycles. The Hall–Kier alpha value is -1.51. The zero-order chi connectivity index (χ0) is 13.8. The predicted molar refractivity (Wildman–Crippen MR) is 86.8 cm³/mol. The maximum atomic E-state index is 6.34. The molecule has 2 nitrogen and oxygen atoms in total. The minimum Gasteiger partial charge on any atom is -0.496 e. The molecule has 108 valence electrons. The molecule has 0 aliphatic rings. The Kier molecular flexibility index (Phi) is 6.05. The van der Waals surface area contributed by atoms with Crippen molar-refractivity contribution < 1.29 is 4.74 Å². The lowest BCUT2D eigenvalue weighted by Crippen LogP contribution is -2.13. The van der Waals surface area contributed by atoms with Crippen LogP contribution < -0.4 is 10.5 Å². The largest absolute Gasteiger partial charge is 0.496 e. The molecule has 2 aromatic carbocycles. The average Bonchev–Trinajstić information content (AvgIpc) is 2.46. The molecule has 3 heteroatoms. The van der Waals surface area contributed by atoms with Crippen LogP contribution in [0.4, 0.5) is 0 Å². The Morgan fingerprint density at radius 1 is 0.900 bits per heavy atom. The molecule has 0 amide bonds. The summed E-state index contributed by atoms with van der Waals surface area (Å²) in [4.78, 5) is 0. The first-order chi connectivity index (χ1) is 9.13. The van der Waals surface area contributed by atoms with Gasteiger partial charge in [-0.2, -0.15) is 0 Å². The molecule has 20 heavy (non-hydrogen) atoms. The van der Waals surface area contributed by atoms with Crippen LogP contribution in [0.5, 0.6) is 5.75 Å². The van der Waals surface area contributed by atoms with Gasteiger partial charge >= 0.3 is 0 Å². The Bertz CT molecular complexity index is 537. The van der Waals surface area contributed by atoms with Crippen LogP contribution in [0.25, 0.3) is 0 Å². The molecule has 2 N–H and O–H groups in total. The molecular formula is C17H22ClNO. The zero-order valence-electron chi connectivity index (χ0n) is 12.2. The van der Waals surface area contributed by atoms with Crippen molar-refractivity contribution >= 4 is 12.4 Å². The van der Waals surface area contributed by atoms with E-state index in [0.717, 1.165) is 16.9 Å². The summed E-state index contributed by atoms with van der Waals surface area (Å²) in [5, 5.41) is 0. The van der Waals surface area contributed by atoms with Crippen molar-refractivity contribution in [3.63, 3.8) is 0 Å². The van der Waals surface area contributed by atoms with Gasteiger partial charge in [0, 0.05) is 5.56 Å². The van der Waals surface area contributed by atoms with Gasteiger partial charge in [0.05, 0.1) is 13.2 Å². The van der Waals surface area contributed by atoms with Crippen LogP contribution in [0.2, 0.25) is 0 Å². The van der Waals surface area contributed by atoms with Crippen LogP contribution in [-0.2, 0) is 0 Å². The number of hydrogen-bond donors (Lipinski definition) is 1. The third-order valence-corrected chi connectivity index (χ3v) is 3.44. The number of nitrogens with two attached hydrogens (primary N) is 1. The first kappa shape index (κ1) is 16.5. The van der Waals surface area contributed by atoms with E-state index in [9.17, 15) is 0 Å². The number of ether oxygens (including phenoxy) is 1. The van der Waals surface area contributed by atoms with Crippen LogP contribution in [0.15, 0.2) is 48.5 Å². The van der Waals surface area contributed by atoms with E-state index >= 15 is 0 Å². The number of benzene rings is 2. The van der Waals surface area contributed by atoms with E-state index in [1.807, 2.05) is 24.3 Å². The minimum absolute atomic E-state index is 0. The third-order valence-electron chi connectivity index (χ3n) is 3.44. The maximum absolute atomic E-state index is 6.34. The van der Waals surface area contributed by atoms with Gasteiger partial charge in [-0.25, -0.2) is 0 Å². The van der Waals surface area contributed by atoms with E-state index in [2.05, 4.69) is 38.1 Å². The second-order valence-electron chi connectivity index (χ2n) is 5.04. The molecule has 0 aliphatic heterocycles. The number of halogens is 1. The highest BCUT2D eigenvalue weighted by molar-refractivity contribution is 5.85. The molecule has 2 aromatic rings. The van der Waals surface area contributed by atoms with Gasteiger partial charge in [0.1, 0.15) is 5.75 Å². The molecule has 2 rings (SSSR count). The van der Waals surface area contributed by atoms with Crippen LogP contribution in [0, 0.1) is 0 Å². The molecule has 0 saturated carbocycles. The van der Waals surface area contributed by atoms with Crippen molar-refractivity contribution in [3.05, 3.63) is 65.2 Å². The predicted octanol–water partition coefficient (Wildman–Crippen LogP) is 4.29. The van der Waals surface area contributed by atoms with Gasteiger partial charge in [-0.15, -0.1) is 12.4 Å². The fourth-order valence-corrected chi connectivity index (χ4v) is 2.19. The summed E-state index contributed by atoms with van der Waals surface area (Å²) in [6, 6.07) is 16.2. The average molecular weight is 292 g/mol. The minimum atomic E-state index is -0.155. The van der Waals surface area contributed by atoms with Gasteiger partial charge in [-0.05, 0) is 23.1 Å². The Morgan fingerprint density at radius 2 is 1.45 bits per heavy atom. The molecule has 0 saturated heterocycles. The van der Waals surface area contributed by atoms with Crippen molar-refractivity contribution in [2.24, 2.45) is 5.73 Å². The maximum Gasteiger partial charge on any atom is 0.123 e. The fourth-order valence-electron chi connectivity index (χ4n) is 2.19. The summed E-state index contributed by atoms with van der Waals surface area (Å²) in [5.41, 5.74) is 9.79. The highest BCUT2D eigenvalue weighted by Crippen LogP contribution is 2.28. The highest BCUT2D eigenvalue weighted by Gasteiger charge is 2.13. The lowest BCUT2D eigenvalue weighted by Gasteiger charge is -2.16. The molecular weight excluding hydrogens is 270 g/mol. The number of hydrogen-bond acceptors (Lipinski definition) is 2. The number of methoxy groups -OCH3 is 1. The van der Waals surface area contributed by atoms with Crippen LogP contribution in [-0.4, -0.2) is 7.11 Å². The van der Waals surface area contributed by atoms with E-state index < -0.39 is 0 Å². The van der Waals surface area contributed by atoms with E-state index in [0.29, 0.717) is 5.92 Å². The quantitative estimate of drug-likeness (QED) is 0.912. The SMILES string of the molecule is COc1ccccc1[C@H](N)c1ccc(C(C)C)cc1.Cl. The lowest BCUT2D eigenvalue weighted by molar-refractivity contribution is 0.408. The lowest BCUT2D eigenvalue weighted by atomic mass is 9.95. The van der Waals surface area contributed by atoms with Gasteiger partial charge in [0.15, 0.2) is 0 Å². The van der Waals surface area contributed by atoms with Crippen molar-refractivity contribution in [2.75, 3.05) is 7.11 Å². The summed E-state index contributed by atoms with van der Waals surface area (Å²) in [7, 11) is 1.67. The molecule has 0 heterocycles. The first-order valence-electron chi connectivity index (χ1n) is 6.62. The van der Waals surface area contributed by atoms with E-state index in [1.165, 1.54) is 5.56 Å². The Morgan fingerprint density at radius 3 is 2.00 bits per heavy atom. The molecule has 0 unspecified atom stereocenters. The van der Waals surface area contributed by atoms with Crippen molar-refractivity contribution in [3.8, 4) is 5.75 Å². The first-order valence-corrected chi connectivity index (χ1v) is 6.62. The number of para-hydroxylation sites is 1.